The molecular formula is C16H13ClN2. The Balaban J connectivity index is 1.71. The van der Waals surface area contributed by atoms with Crippen molar-refractivity contribution in [1.29, 1.82) is 0 Å². The second-order valence-corrected chi connectivity index (χ2v) is 5.54. The summed E-state index contributed by atoms with van der Waals surface area (Å²) < 4.78 is 0. The molecule has 1 aliphatic carbocycles. The van der Waals surface area contributed by atoms with Crippen molar-refractivity contribution in [3.63, 3.8) is 0 Å². The lowest BCUT2D eigenvalue weighted by Gasteiger charge is -2.15. The summed E-state index contributed by atoms with van der Waals surface area (Å²) in [7, 11) is 0. The second-order valence-electron chi connectivity index (χ2n) is 5.10. The summed E-state index contributed by atoms with van der Waals surface area (Å²) in [6, 6.07) is 16.5. The Hall–Kier alpha value is -1.80. The van der Waals surface area contributed by atoms with E-state index in [0.717, 1.165) is 23.7 Å². The maximum absolute atomic E-state index is 5.93. The lowest BCUT2D eigenvalue weighted by Crippen LogP contribution is -2.18. The number of hydrogen-bond acceptors (Lipinski definition) is 2. The highest BCUT2D eigenvalue weighted by atomic mass is 35.5. The molecule has 0 amide bonds. The van der Waals surface area contributed by atoms with Crippen molar-refractivity contribution in [1.82, 2.24) is 0 Å². The predicted octanol–water partition coefficient (Wildman–Crippen LogP) is 3.74. The number of hydrazone groups is 1. The van der Waals surface area contributed by atoms with E-state index in [-0.39, 0.29) is 0 Å². The van der Waals surface area contributed by atoms with Crippen LogP contribution in [0.25, 0.3) is 0 Å². The Kier molecular flexibility index (Phi) is 2.39. The van der Waals surface area contributed by atoms with Crippen LogP contribution in [0, 0.1) is 5.92 Å². The van der Waals surface area contributed by atoms with Crippen LogP contribution < -0.4 is 5.01 Å². The topological polar surface area (TPSA) is 15.6 Å². The van der Waals surface area contributed by atoms with Crippen LogP contribution >= 0.6 is 11.6 Å². The first-order chi connectivity index (χ1) is 9.31. The van der Waals surface area contributed by atoms with E-state index < -0.39 is 0 Å². The van der Waals surface area contributed by atoms with E-state index in [1.165, 1.54) is 16.8 Å². The number of nitrogens with zero attached hydrogens (tertiary/aromatic N) is 2. The quantitative estimate of drug-likeness (QED) is 0.769. The molecule has 1 aliphatic heterocycles. The molecule has 0 spiro atoms. The number of anilines is 1. The molecule has 0 bridgehead atoms. The first-order valence-electron chi connectivity index (χ1n) is 6.51. The molecule has 1 heterocycles. The van der Waals surface area contributed by atoms with E-state index in [1.54, 1.807) is 0 Å². The maximum atomic E-state index is 5.93. The molecule has 19 heavy (non-hydrogen) atoms. The molecule has 3 heteroatoms. The molecule has 1 unspecified atom stereocenters. The predicted molar refractivity (Wildman–Crippen MR) is 79.0 cm³/mol. The Labute approximate surface area is 117 Å². The van der Waals surface area contributed by atoms with E-state index in [4.69, 9.17) is 16.7 Å². The van der Waals surface area contributed by atoms with Crippen molar-refractivity contribution < 1.29 is 0 Å². The summed E-state index contributed by atoms with van der Waals surface area (Å²) in [5.41, 5.74) is 5.11. The van der Waals surface area contributed by atoms with Crippen molar-refractivity contribution >= 4 is 23.0 Å². The third-order valence-corrected chi connectivity index (χ3v) is 4.14. The molecule has 2 aliphatic rings. The van der Waals surface area contributed by atoms with Gasteiger partial charge in [-0.25, -0.2) is 0 Å². The van der Waals surface area contributed by atoms with Crippen LogP contribution in [0.3, 0.4) is 0 Å². The molecule has 0 saturated heterocycles. The van der Waals surface area contributed by atoms with E-state index in [2.05, 4.69) is 29.3 Å². The van der Waals surface area contributed by atoms with Gasteiger partial charge in [0.05, 0.1) is 17.9 Å². The van der Waals surface area contributed by atoms with Crippen molar-refractivity contribution in [3.8, 4) is 0 Å². The summed E-state index contributed by atoms with van der Waals surface area (Å²) >= 11 is 5.93. The van der Waals surface area contributed by atoms with E-state index in [9.17, 15) is 0 Å². The smallest absolute Gasteiger partial charge is 0.0737 e. The fraction of sp³-hybridized carbons (Fsp3) is 0.188. The van der Waals surface area contributed by atoms with Crippen molar-refractivity contribution in [2.45, 2.75) is 6.42 Å². The van der Waals surface area contributed by atoms with E-state index >= 15 is 0 Å². The third kappa shape index (κ3) is 1.75. The summed E-state index contributed by atoms with van der Waals surface area (Å²) in [5.74, 6) is 0.535. The summed E-state index contributed by atoms with van der Waals surface area (Å²) in [6.45, 7) is 0.964. The standard InChI is InChI=1S/C16H13ClN2/c17-13-5-7-14(8-6-13)19-10-12-9-11-3-1-2-4-15(11)16(12)18-19/h1-8,12H,9-10H2. The highest BCUT2D eigenvalue weighted by Crippen LogP contribution is 2.34. The molecule has 1 atom stereocenters. The van der Waals surface area contributed by atoms with Gasteiger partial charge in [0.25, 0.3) is 0 Å². The molecule has 0 fully saturated rings. The van der Waals surface area contributed by atoms with E-state index in [1.807, 2.05) is 24.3 Å². The average molecular weight is 269 g/mol. The normalized spacial score (nSPS) is 20.2. The summed E-state index contributed by atoms with van der Waals surface area (Å²) in [4.78, 5) is 0. The molecule has 2 nitrogen and oxygen atoms in total. The van der Waals surface area contributed by atoms with Gasteiger partial charge in [-0.15, -0.1) is 0 Å². The maximum Gasteiger partial charge on any atom is 0.0737 e. The first-order valence-corrected chi connectivity index (χ1v) is 6.89. The summed E-state index contributed by atoms with van der Waals surface area (Å²) in [6.07, 6.45) is 1.11. The molecule has 0 N–H and O–H groups in total. The minimum Gasteiger partial charge on any atom is -0.265 e. The van der Waals surface area contributed by atoms with Gasteiger partial charge < -0.3 is 0 Å². The number of halogens is 1. The number of rotatable bonds is 1. The van der Waals surface area contributed by atoms with Crippen molar-refractivity contribution in [3.05, 3.63) is 64.7 Å². The van der Waals surface area contributed by atoms with Crippen LogP contribution in [0.4, 0.5) is 5.69 Å². The SMILES string of the molecule is Clc1ccc(N2CC3Cc4ccccc4C3=N2)cc1. The minimum atomic E-state index is 0.535. The highest BCUT2D eigenvalue weighted by Gasteiger charge is 2.34. The molecule has 0 radical (unpaired) electrons. The van der Waals surface area contributed by atoms with Gasteiger partial charge in [0.15, 0.2) is 0 Å². The van der Waals surface area contributed by atoms with Crippen LogP contribution in [0.15, 0.2) is 53.6 Å². The van der Waals surface area contributed by atoms with Crippen LogP contribution in [-0.4, -0.2) is 12.3 Å². The minimum absolute atomic E-state index is 0.535. The summed E-state index contributed by atoms with van der Waals surface area (Å²) in [5, 5.41) is 7.65. The fourth-order valence-electron chi connectivity index (χ4n) is 2.97. The molecule has 0 aromatic heterocycles. The number of hydrogen-bond donors (Lipinski definition) is 0. The van der Waals surface area contributed by atoms with Gasteiger partial charge in [0.2, 0.25) is 0 Å². The third-order valence-electron chi connectivity index (χ3n) is 3.89. The van der Waals surface area contributed by atoms with Gasteiger partial charge in [-0.3, -0.25) is 5.01 Å². The highest BCUT2D eigenvalue weighted by molar-refractivity contribution is 6.30. The zero-order chi connectivity index (χ0) is 12.8. The molecule has 94 valence electrons. The lowest BCUT2D eigenvalue weighted by atomic mass is 10.1. The van der Waals surface area contributed by atoms with Crippen LogP contribution in [-0.2, 0) is 6.42 Å². The lowest BCUT2D eigenvalue weighted by molar-refractivity contribution is 0.719. The fourth-order valence-corrected chi connectivity index (χ4v) is 3.10. The van der Waals surface area contributed by atoms with Crippen LogP contribution in [0.1, 0.15) is 11.1 Å². The van der Waals surface area contributed by atoms with Gasteiger partial charge >= 0.3 is 0 Å². The van der Waals surface area contributed by atoms with Gasteiger partial charge in [0.1, 0.15) is 0 Å². The zero-order valence-electron chi connectivity index (χ0n) is 10.4. The van der Waals surface area contributed by atoms with Crippen LogP contribution in [0.2, 0.25) is 5.02 Å². The van der Waals surface area contributed by atoms with Gasteiger partial charge in [0, 0.05) is 16.5 Å². The van der Waals surface area contributed by atoms with Gasteiger partial charge in [-0.1, -0.05) is 35.9 Å². The second kappa shape index (κ2) is 4.10. The van der Waals surface area contributed by atoms with Crippen molar-refractivity contribution in [2.75, 3.05) is 11.6 Å². The van der Waals surface area contributed by atoms with Crippen LogP contribution in [0.5, 0.6) is 0 Å². The molecule has 0 saturated carbocycles. The first kappa shape index (κ1) is 11.1. The Morgan fingerprint density at radius 1 is 1.05 bits per heavy atom. The molecule has 2 aromatic rings. The van der Waals surface area contributed by atoms with Gasteiger partial charge in [-0.05, 0) is 36.2 Å². The Morgan fingerprint density at radius 2 is 1.84 bits per heavy atom. The van der Waals surface area contributed by atoms with Gasteiger partial charge in [-0.2, -0.15) is 5.10 Å². The largest absolute Gasteiger partial charge is 0.265 e. The Bertz CT molecular complexity index is 661. The monoisotopic (exact) mass is 268 g/mol. The van der Waals surface area contributed by atoms with Crippen molar-refractivity contribution in [2.24, 2.45) is 11.0 Å². The molecule has 2 aromatic carbocycles. The molecule has 4 rings (SSSR count). The average Bonchev–Trinajstić information content (AvgIpc) is 2.97. The van der Waals surface area contributed by atoms with E-state index in [0.29, 0.717) is 5.92 Å². The zero-order valence-corrected chi connectivity index (χ0v) is 11.1. The number of benzene rings is 2. The Morgan fingerprint density at radius 3 is 2.68 bits per heavy atom. The molecular weight excluding hydrogens is 256 g/mol. The number of fused-ring (bicyclic) bond motifs is 3.